The molecule has 0 aromatic heterocycles. The summed E-state index contributed by atoms with van der Waals surface area (Å²) in [6, 6.07) is 7.19. The molecule has 0 N–H and O–H groups in total. The molecular weight excluding hydrogens is 1130 g/mol. The van der Waals surface area contributed by atoms with E-state index in [4.69, 9.17) is 0 Å². The minimum atomic E-state index is -8.99. The van der Waals surface area contributed by atoms with Crippen molar-refractivity contribution in [3.05, 3.63) is 71.8 Å². The fourth-order valence-electron chi connectivity index (χ4n) is 6.41. The molecular formula is C38H30F34N2. The van der Waals surface area contributed by atoms with E-state index in [1.165, 1.54) is 12.1 Å². The molecule has 0 amide bonds. The normalized spacial score (nSPS) is 16.6. The first kappa shape index (κ1) is 66.1. The van der Waals surface area contributed by atoms with Crippen LogP contribution in [-0.4, -0.2) is 131 Å². The lowest BCUT2D eigenvalue weighted by atomic mass is 9.88. The average molecular weight is 1160 g/mol. The predicted molar refractivity (Wildman–Crippen MR) is 183 cm³/mol. The molecule has 0 saturated carbocycles. The van der Waals surface area contributed by atoms with Gasteiger partial charge in [-0.1, -0.05) is 60.7 Å². The van der Waals surface area contributed by atoms with E-state index in [0.29, 0.717) is 0 Å². The zero-order valence-electron chi connectivity index (χ0n) is 35.9. The summed E-state index contributed by atoms with van der Waals surface area (Å²) in [5.74, 6) is -118. The van der Waals surface area contributed by atoms with Gasteiger partial charge in [-0.3, -0.25) is 9.80 Å². The van der Waals surface area contributed by atoms with E-state index in [0.717, 1.165) is 62.4 Å². The summed E-state index contributed by atoms with van der Waals surface area (Å²) in [5.41, 5.74) is -0.474. The SMILES string of the molecule is C[C@@H](c1ccccc1)N(CCN(CCC(F)(F)C(F)(F)C(F)(F)C(F)(F)C(F)(F)C(F)(F)C(F)(F)C(F)(F)F)[C@@H](C)c1ccccc1)CCC(F)(F)C(F)(F)C(F)(F)C(F)(F)C(F)(F)C(F)(F)C(F)(F)C(F)(F)F. The first-order valence-corrected chi connectivity index (χ1v) is 19.5. The van der Waals surface area contributed by atoms with Crippen LogP contribution in [0.1, 0.15) is 49.9 Å². The van der Waals surface area contributed by atoms with Gasteiger partial charge in [0, 0.05) is 51.1 Å². The summed E-state index contributed by atoms with van der Waals surface area (Å²) in [4.78, 5) is 0.515. The maximum Gasteiger partial charge on any atom is 0.460 e. The zero-order chi connectivity index (χ0) is 58.8. The monoisotopic (exact) mass is 1160 g/mol. The Morgan fingerprint density at radius 2 is 0.459 bits per heavy atom. The number of halogens is 34. The Hall–Kier alpha value is -4.02. The number of rotatable bonds is 25. The van der Waals surface area contributed by atoms with E-state index in [9.17, 15) is 132 Å². The summed E-state index contributed by atoms with van der Waals surface area (Å²) in [6.45, 7) is -5.22. The van der Waals surface area contributed by atoms with Gasteiger partial charge in [-0.25, -0.2) is 0 Å². The molecule has 2 aromatic rings. The molecule has 0 aliphatic rings. The molecule has 430 valence electrons. The van der Waals surface area contributed by atoms with Gasteiger partial charge < -0.3 is 0 Å². The molecule has 0 aliphatic carbocycles. The number of nitrogens with zero attached hydrogens (tertiary/aromatic N) is 2. The van der Waals surface area contributed by atoms with Crippen LogP contribution >= 0.6 is 0 Å². The van der Waals surface area contributed by atoms with Crippen molar-refractivity contribution in [1.29, 1.82) is 0 Å². The standard InChI is InChI=1S/C38H30F34N2/c1-19(21-9-5-3-6-10-21)73(15-13-23(39,40)25(43,44)27(47,48)29(51,52)31(55,56)33(59,60)35(63,64)37(67,68)69)17-18-74(20(2)22-11-7-4-8-12-22)16-14-24(41,42)26(45,46)28(49,50)30(53,54)32(57,58)34(61,62)36(65,66)38(70,71)72/h3-12,19-20H,13-18H2,1-2H3/t19-,20-/m0/s1. The molecule has 0 saturated heterocycles. The fraction of sp³-hybridized carbons (Fsp3) is 0.684. The zero-order valence-corrected chi connectivity index (χ0v) is 35.9. The van der Waals surface area contributed by atoms with Crippen LogP contribution in [0.2, 0.25) is 0 Å². The molecule has 0 aliphatic heterocycles. The lowest BCUT2D eigenvalue weighted by molar-refractivity contribution is -0.461. The van der Waals surface area contributed by atoms with Gasteiger partial charge in [-0.2, -0.15) is 149 Å². The largest absolute Gasteiger partial charge is 0.460 e. The van der Waals surface area contributed by atoms with Crippen LogP contribution in [0.3, 0.4) is 0 Å². The lowest BCUT2D eigenvalue weighted by Gasteiger charge is -2.43. The Bertz CT molecular complexity index is 2000. The molecule has 74 heavy (non-hydrogen) atoms. The highest BCUT2D eigenvalue weighted by Gasteiger charge is 2.97. The highest BCUT2D eigenvalue weighted by atomic mass is 19.4. The molecule has 0 bridgehead atoms. The van der Waals surface area contributed by atoms with E-state index >= 15 is 17.6 Å². The Labute approximate surface area is 391 Å². The van der Waals surface area contributed by atoms with Crippen LogP contribution in [0.15, 0.2) is 60.7 Å². The summed E-state index contributed by atoms with van der Waals surface area (Å²) < 4.78 is 474. The van der Waals surface area contributed by atoms with Gasteiger partial charge in [0.05, 0.1) is 0 Å². The number of benzene rings is 2. The summed E-state index contributed by atoms with van der Waals surface area (Å²) in [5, 5.41) is 0. The molecule has 0 heterocycles. The molecule has 36 heteroatoms. The fourth-order valence-corrected chi connectivity index (χ4v) is 6.41. The molecule has 0 fully saturated rings. The highest BCUT2D eigenvalue weighted by molar-refractivity contribution is 5.21. The van der Waals surface area contributed by atoms with Crippen molar-refractivity contribution < 1.29 is 149 Å². The first-order valence-electron chi connectivity index (χ1n) is 19.5. The molecule has 2 aromatic carbocycles. The van der Waals surface area contributed by atoms with Crippen molar-refractivity contribution in [3.8, 4) is 0 Å². The van der Waals surface area contributed by atoms with Crippen molar-refractivity contribution in [2.75, 3.05) is 26.2 Å². The van der Waals surface area contributed by atoms with Gasteiger partial charge in [0.25, 0.3) is 0 Å². The van der Waals surface area contributed by atoms with E-state index in [1.807, 2.05) is 0 Å². The Morgan fingerprint density at radius 1 is 0.270 bits per heavy atom. The number of hydrogen-bond acceptors (Lipinski definition) is 2. The second kappa shape index (κ2) is 20.1. The van der Waals surface area contributed by atoms with Crippen LogP contribution in [0.4, 0.5) is 149 Å². The molecule has 0 spiro atoms. The molecule has 2 atom stereocenters. The van der Waals surface area contributed by atoms with Crippen LogP contribution in [0.25, 0.3) is 0 Å². The number of alkyl halides is 34. The third-order valence-electron chi connectivity index (χ3n) is 11.3. The van der Waals surface area contributed by atoms with Gasteiger partial charge in [-0.05, 0) is 25.0 Å². The Balaban J connectivity index is 2.68. The molecule has 0 unspecified atom stereocenters. The van der Waals surface area contributed by atoms with Gasteiger partial charge >= 0.3 is 95.3 Å². The quantitative estimate of drug-likeness (QED) is 0.0915. The highest BCUT2D eigenvalue weighted by Crippen LogP contribution is 2.66. The van der Waals surface area contributed by atoms with Gasteiger partial charge in [0.1, 0.15) is 0 Å². The summed E-state index contributed by atoms with van der Waals surface area (Å²) in [6.07, 6.45) is -22.3. The molecule has 2 nitrogen and oxygen atoms in total. The van der Waals surface area contributed by atoms with Crippen LogP contribution in [0.5, 0.6) is 0 Å². The minimum Gasteiger partial charge on any atom is -0.295 e. The second-order valence-corrected chi connectivity index (χ2v) is 16.0. The maximum atomic E-state index is 15.1. The second-order valence-electron chi connectivity index (χ2n) is 16.0. The molecule has 0 radical (unpaired) electrons. The lowest BCUT2D eigenvalue weighted by Crippen LogP contribution is -2.74. The van der Waals surface area contributed by atoms with Crippen molar-refractivity contribution >= 4 is 0 Å². The maximum absolute atomic E-state index is 15.1. The van der Waals surface area contributed by atoms with Crippen molar-refractivity contribution in [2.24, 2.45) is 0 Å². The van der Waals surface area contributed by atoms with E-state index in [2.05, 4.69) is 0 Å². The Kier molecular flexibility index (Phi) is 17.9. The topological polar surface area (TPSA) is 6.48 Å². The van der Waals surface area contributed by atoms with Crippen molar-refractivity contribution in [2.45, 2.75) is 134 Å². The third kappa shape index (κ3) is 10.4. The van der Waals surface area contributed by atoms with Gasteiger partial charge in [-0.15, -0.1) is 0 Å². The van der Waals surface area contributed by atoms with Gasteiger partial charge in [0.2, 0.25) is 0 Å². The summed E-state index contributed by atoms with van der Waals surface area (Å²) in [7, 11) is 0. The van der Waals surface area contributed by atoms with Crippen molar-refractivity contribution in [1.82, 2.24) is 9.80 Å². The van der Waals surface area contributed by atoms with Crippen molar-refractivity contribution in [3.63, 3.8) is 0 Å². The summed E-state index contributed by atoms with van der Waals surface area (Å²) >= 11 is 0. The van der Waals surface area contributed by atoms with Crippen LogP contribution in [-0.2, 0) is 0 Å². The first-order chi connectivity index (χ1) is 32.5. The van der Waals surface area contributed by atoms with E-state index < -0.39 is 146 Å². The third-order valence-corrected chi connectivity index (χ3v) is 11.3. The predicted octanol–water partition coefficient (Wildman–Crippen LogP) is 15.9. The molecule has 2 rings (SSSR count). The van der Waals surface area contributed by atoms with E-state index in [-0.39, 0.29) is 20.9 Å². The van der Waals surface area contributed by atoms with Crippen LogP contribution in [0, 0.1) is 0 Å². The van der Waals surface area contributed by atoms with Gasteiger partial charge in [0.15, 0.2) is 0 Å². The minimum absolute atomic E-state index is 0.237. The Morgan fingerprint density at radius 3 is 0.662 bits per heavy atom. The number of hydrogen-bond donors (Lipinski definition) is 0. The smallest absolute Gasteiger partial charge is 0.295 e. The van der Waals surface area contributed by atoms with Crippen LogP contribution < -0.4 is 0 Å². The van der Waals surface area contributed by atoms with E-state index in [1.54, 1.807) is 0 Å². The average Bonchev–Trinajstić information content (AvgIpc) is 3.25.